The highest BCUT2D eigenvalue weighted by molar-refractivity contribution is 7.18. The van der Waals surface area contributed by atoms with Crippen molar-refractivity contribution in [3.63, 3.8) is 0 Å². The maximum absolute atomic E-state index is 12.7. The summed E-state index contributed by atoms with van der Waals surface area (Å²) < 4.78 is 1.19. The van der Waals surface area contributed by atoms with Gasteiger partial charge in [-0.2, -0.15) is 0 Å². The lowest BCUT2D eigenvalue weighted by Crippen LogP contribution is -2.43. The number of carbonyl (C=O) groups is 2. The summed E-state index contributed by atoms with van der Waals surface area (Å²) in [5.74, 6) is -0.324. The number of rotatable bonds is 8. The van der Waals surface area contributed by atoms with Crippen molar-refractivity contribution >= 4 is 44.7 Å². The molecule has 1 heterocycles. The second-order valence-corrected chi connectivity index (χ2v) is 9.56. The van der Waals surface area contributed by atoms with E-state index in [-0.39, 0.29) is 18.4 Å². The fraction of sp³-hybridized carbons (Fsp3) is 0.222. The Morgan fingerprint density at radius 1 is 0.941 bits per heavy atom. The van der Waals surface area contributed by atoms with Crippen molar-refractivity contribution in [2.75, 3.05) is 24.2 Å². The van der Waals surface area contributed by atoms with Crippen molar-refractivity contribution in [1.82, 2.24) is 9.88 Å². The van der Waals surface area contributed by atoms with Gasteiger partial charge in [-0.05, 0) is 62.9 Å². The van der Waals surface area contributed by atoms with Crippen LogP contribution in [0.5, 0.6) is 0 Å². The molecule has 0 aliphatic carbocycles. The molecule has 0 saturated heterocycles. The minimum Gasteiger partial charge on any atom is -0.325 e. The molecule has 0 fully saturated rings. The summed E-state index contributed by atoms with van der Waals surface area (Å²) in [6, 6.07) is 23.1. The molecule has 2 N–H and O–H groups in total. The molecule has 0 aliphatic heterocycles. The van der Waals surface area contributed by atoms with Crippen LogP contribution in [0.4, 0.5) is 11.4 Å². The number of carbonyl (C=O) groups excluding carboxylic acids is 2. The number of nitrogens with zero attached hydrogens (tertiary/aromatic N) is 2. The van der Waals surface area contributed by atoms with E-state index in [2.05, 4.69) is 21.7 Å². The Morgan fingerprint density at radius 2 is 1.59 bits per heavy atom. The van der Waals surface area contributed by atoms with E-state index in [1.54, 1.807) is 30.2 Å². The Balaban J connectivity index is 1.28. The number of thiazole rings is 1. The molecule has 6 nitrogen and oxygen atoms in total. The molecule has 34 heavy (non-hydrogen) atoms. The SMILES string of the molecule is Cc1ccc(NC(=O)CN(C)C(C)C(=O)Nc2ccc(Cc3nc4ccccc4s3)cc2)cc1. The molecule has 1 aromatic heterocycles. The molecule has 2 amide bonds. The van der Waals surface area contributed by atoms with Crippen molar-refractivity contribution in [3.05, 3.63) is 88.9 Å². The molecule has 0 bridgehead atoms. The number of hydrogen-bond donors (Lipinski definition) is 2. The quantitative estimate of drug-likeness (QED) is 0.374. The first-order valence-corrected chi connectivity index (χ1v) is 12.0. The average molecular weight is 473 g/mol. The van der Waals surface area contributed by atoms with Crippen LogP contribution in [-0.2, 0) is 16.0 Å². The second kappa shape index (κ2) is 10.6. The molecule has 4 aromatic rings. The van der Waals surface area contributed by atoms with Crippen molar-refractivity contribution in [2.24, 2.45) is 0 Å². The van der Waals surface area contributed by atoms with Crippen molar-refractivity contribution in [3.8, 4) is 0 Å². The van der Waals surface area contributed by atoms with E-state index in [4.69, 9.17) is 0 Å². The standard InChI is InChI=1S/C27H28N4O2S/c1-18-8-12-21(13-9-18)28-25(32)17-31(3)19(2)27(33)29-22-14-10-20(11-15-22)16-26-30-23-6-4-5-7-24(23)34-26/h4-15,19H,16-17H2,1-3H3,(H,28,32)(H,29,33). The van der Waals surface area contributed by atoms with Crippen LogP contribution in [0, 0.1) is 6.92 Å². The largest absolute Gasteiger partial charge is 0.325 e. The van der Waals surface area contributed by atoms with Gasteiger partial charge in [0.1, 0.15) is 0 Å². The fourth-order valence-electron chi connectivity index (χ4n) is 3.52. The third kappa shape index (κ3) is 6.07. The normalized spacial score (nSPS) is 12.0. The van der Waals surface area contributed by atoms with Crippen LogP contribution in [0.1, 0.15) is 23.1 Å². The van der Waals surface area contributed by atoms with Gasteiger partial charge < -0.3 is 10.6 Å². The first-order valence-electron chi connectivity index (χ1n) is 11.2. The van der Waals surface area contributed by atoms with E-state index in [9.17, 15) is 9.59 Å². The summed E-state index contributed by atoms with van der Waals surface area (Å²) in [6.45, 7) is 3.90. The van der Waals surface area contributed by atoms with E-state index in [1.165, 1.54) is 4.70 Å². The summed E-state index contributed by atoms with van der Waals surface area (Å²) in [5, 5.41) is 6.87. The molecule has 7 heteroatoms. The number of anilines is 2. The molecule has 3 aromatic carbocycles. The van der Waals surface area contributed by atoms with Crippen molar-refractivity contribution in [1.29, 1.82) is 0 Å². The summed E-state index contributed by atoms with van der Waals surface area (Å²) in [5.41, 5.74) is 4.76. The highest BCUT2D eigenvalue weighted by Crippen LogP contribution is 2.24. The predicted molar refractivity (Wildman–Crippen MR) is 139 cm³/mol. The zero-order valence-corrected chi connectivity index (χ0v) is 20.4. The first kappa shape index (κ1) is 23.6. The Kier molecular flexibility index (Phi) is 7.35. The second-order valence-electron chi connectivity index (χ2n) is 8.44. The minimum absolute atomic E-state index is 0.115. The maximum Gasteiger partial charge on any atom is 0.241 e. The molecule has 0 saturated carbocycles. The summed E-state index contributed by atoms with van der Waals surface area (Å²) in [4.78, 5) is 31.5. The predicted octanol–water partition coefficient (Wildman–Crippen LogP) is 5.09. The number of para-hydroxylation sites is 1. The van der Waals surface area contributed by atoms with Crippen LogP contribution >= 0.6 is 11.3 Å². The van der Waals surface area contributed by atoms with Gasteiger partial charge in [0.25, 0.3) is 0 Å². The number of benzene rings is 3. The van der Waals surface area contributed by atoms with Crippen molar-refractivity contribution in [2.45, 2.75) is 26.3 Å². The fourth-order valence-corrected chi connectivity index (χ4v) is 4.53. The molecule has 1 unspecified atom stereocenters. The number of hydrogen-bond acceptors (Lipinski definition) is 5. The van der Waals surface area contributed by atoms with Gasteiger partial charge in [-0.15, -0.1) is 11.3 Å². The number of amides is 2. The monoisotopic (exact) mass is 472 g/mol. The Hall–Kier alpha value is -3.55. The highest BCUT2D eigenvalue weighted by atomic mass is 32.1. The highest BCUT2D eigenvalue weighted by Gasteiger charge is 2.20. The van der Waals surface area contributed by atoms with Gasteiger partial charge in [0.2, 0.25) is 11.8 Å². The lowest BCUT2D eigenvalue weighted by atomic mass is 10.1. The van der Waals surface area contributed by atoms with E-state index in [0.29, 0.717) is 0 Å². The molecule has 0 spiro atoms. The van der Waals surface area contributed by atoms with Gasteiger partial charge in [-0.25, -0.2) is 4.98 Å². The van der Waals surface area contributed by atoms with Gasteiger partial charge in [0.05, 0.1) is 27.8 Å². The number of likely N-dealkylation sites (N-methyl/N-ethyl adjacent to an activating group) is 1. The third-order valence-electron chi connectivity index (χ3n) is 5.68. The van der Waals surface area contributed by atoms with Gasteiger partial charge >= 0.3 is 0 Å². The topological polar surface area (TPSA) is 74.3 Å². The average Bonchev–Trinajstić information content (AvgIpc) is 3.23. The number of nitrogens with one attached hydrogen (secondary N) is 2. The summed E-state index contributed by atoms with van der Waals surface area (Å²) in [6.07, 6.45) is 0.753. The number of aromatic nitrogens is 1. The zero-order valence-electron chi connectivity index (χ0n) is 19.5. The lowest BCUT2D eigenvalue weighted by Gasteiger charge is -2.23. The lowest BCUT2D eigenvalue weighted by molar-refractivity contribution is -0.122. The molecule has 0 radical (unpaired) electrons. The minimum atomic E-state index is -0.466. The third-order valence-corrected chi connectivity index (χ3v) is 6.72. The first-order chi connectivity index (χ1) is 16.4. The summed E-state index contributed by atoms with van der Waals surface area (Å²) in [7, 11) is 1.76. The van der Waals surface area contributed by atoms with Crippen LogP contribution in [0.3, 0.4) is 0 Å². The molecular formula is C27H28N4O2S. The van der Waals surface area contributed by atoms with Crippen LogP contribution in [0.15, 0.2) is 72.8 Å². The zero-order chi connectivity index (χ0) is 24.1. The van der Waals surface area contributed by atoms with Crippen LogP contribution in [-0.4, -0.2) is 41.3 Å². The van der Waals surface area contributed by atoms with Crippen LogP contribution < -0.4 is 10.6 Å². The van der Waals surface area contributed by atoms with Crippen LogP contribution in [0.2, 0.25) is 0 Å². The molecule has 174 valence electrons. The summed E-state index contributed by atoms with van der Waals surface area (Å²) >= 11 is 1.70. The van der Waals surface area contributed by atoms with Crippen LogP contribution in [0.25, 0.3) is 10.2 Å². The van der Waals surface area contributed by atoms with Crippen molar-refractivity contribution < 1.29 is 9.59 Å². The van der Waals surface area contributed by atoms with Gasteiger partial charge in [0.15, 0.2) is 0 Å². The molecular weight excluding hydrogens is 444 g/mol. The van der Waals surface area contributed by atoms with E-state index >= 15 is 0 Å². The molecule has 1 atom stereocenters. The van der Waals surface area contributed by atoms with Gasteiger partial charge in [0, 0.05) is 17.8 Å². The Labute approximate surface area is 203 Å². The number of aryl methyl sites for hydroxylation is 1. The molecule has 4 rings (SSSR count). The van der Waals surface area contributed by atoms with E-state index in [1.807, 2.05) is 73.7 Å². The number of fused-ring (bicyclic) bond motifs is 1. The maximum atomic E-state index is 12.7. The smallest absolute Gasteiger partial charge is 0.241 e. The molecule has 0 aliphatic rings. The Morgan fingerprint density at radius 3 is 2.29 bits per heavy atom. The Bertz CT molecular complexity index is 1250. The van der Waals surface area contributed by atoms with E-state index in [0.717, 1.165) is 39.4 Å². The van der Waals surface area contributed by atoms with Gasteiger partial charge in [-0.1, -0.05) is 42.0 Å². The van der Waals surface area contributed by atoms with Gasteiger partial charge in [-0.3, -0.25) is 14.5 Å². The van der Waals surface area contributed by atoms with E-state index < -0.39 is 6.04 Å².